The molecule has 0 saturated carbocycles. The van der Waals surface area contributed by atoms with Crippen molar-refractivity contribution in [3.05, 3.63) is 52.7 Å². The van der Waals surface area contributed by atoms with Crippen molar-refractivity contribution in [1.29, 1.82) is 0 Å². The van der Waals surface area contributed by atoms with Crippen LogP contribution in [0.3, 0.4) is 0 Å². The third-order valence-corrected chi connectivity index (χ3v) is 4.75. The Hall–Kier alpha value is -2.11. The maximum absolute atomic E-state index is 14.5. The lowest BCUT2D eigenvalue weighted by atomic mass is 9.93. The van der Waals surface area contributed by atoms with Crippen LogP contribution in [0.2, 0.25) is 5.02 Å². The van der Waals surface area contributed by atoms with Gasteiger partial charge in [-0.15, -0.1) is 0 Å². The summed E-state index contributed by atoms with van der Waals surface area (Å²) in [6.45, 7) is 3.31. The minimum atomic E-state index is -0.375. The van der Waals surface area contributed by atoms with Gasteiger partial charge in [0.15, 0.2) is 5.65 Å². The zero-order valence-electron chi connectivity index (χ0n) is 13.8. The fraction of sp³-hybridized carbons (Fsp3) is 0.316. The summed E-state index contributed by atoms with van der Waals surface area (Å²) in [5, 5.41) is 0.367. The average molecular weight is 358 g/mol. The first-order valence-corrected chi connectivity index (χ1v) is 8.67. The van der Waals surface area contributed by atoms with E-state index in [0.717, 1.165) is 24.2 Å². The van der Waals surface area contributed by atoms with E-state index in [1.165, 1.54) is 6.07 Å². The molecule has 0 aliphatic carbocycles. The number of halogens is 2. The fourth-order valence-corrected chi connectivity index (χ4v) is 3.38. The Bertz CT molecular complexity index is 941. The maximum Gasteiger partial charge on any atom is 0.179 e. The van der Waals surface area contributed by atoms with E-state index in [-0.39, 0.29) is 11.7 Å². The molecule has 0 spiro atoms. The van der Waals surface area contributed by atoms with Gasteiger partial charge in [0.05, 0.1) is 5.69 Å². The number of aryl methyl sites for hydroxylation is 1. The van der Waals surface area contributed by atoms with Crippen molar-refractivity contribution < 1.29 is 9.13 Å². The number of hydrogen-bond donors (Lipinski definition) is 0. The SMILES string of the molecule is Cc1cnc2c(-c3ccc(Cl)cc3F)cc(C3CCOCC3)nc2n1. The summed E-state index contributed by atoms with van der Waals surface area (Å²) in [6, 6.07) is 6.62. The van der Waals surface area contributed by atoms with Crippen molar-refractivity contribution in [3.63, 3.8) is 0 Å². The molecule has 1 saturated heterocycles. The average Bonchev–Trinajstić information content (AvgIpc) is 2.61. The van der Waals surface area contributed by atoms with Crippen LogP contribution in [0, 0.1) is 12.7 Å². The van der Waals surface area contributed by atoms with E-state index >= 15 is 0 Å². The highest BCUT2D eigenvalue weighted by atomic mass is 35.5. The molecule has 1 aromatic carbocycles. The zero-order valence-corrected chi connectivity index (χ0v) is 14.6. The number of hydrogen-bond acceptors (Lipinski definition) is 4. The summed E-state index contributed by atoms with van der Waals surface area (Å²) in [7, 11) is 0. The molecule has 4 rings (SSSR count). The summed E-state index contributed by atoms with van der Waals surface area (Å²) in [6.07, 6.45) is 3.48. The topological polar surface area (TPSA) is 47.9 Å². The van der Waals surface area contributed by atoms with E-state index in [2.05, 4.69) is 9.97 Å². The largest absolute Gasteiger partial charge is 0.381 e. The summed E-state index contributed by atoms with van der Waals surface area (Å²) in [5.74, 6) is -0.0881. The van der Waals surface area contributed by atoms with Crippen molar-refractivity contribution >= 4 is 22.8 Å². The predicted octanol–water partition coefficient (Wildman–Crippen LogP) is 4.69. The number of benzene rings is 1. The molecule has 128 valence electrons. The second-order valence-corrected chi connectivity index (χ2v) is 6.73. The van der Waals surface area contributed by atoms with E-state index < -0.39 is 0 Å². The van der Waals surface area contributed by atoms with Crippen molar-refractivity contribution in [1.82, 2.24) is 15.0 Å². The van der Waals surface area contributed by atoms with Gasteiger partial charge in [0.25, 0.3) is 0 Å². The number of pyridine rings is 1. The lowest BCUT2D eigenvalue weighted by Crippen LogP contribution is -2.15. The van der Waals surface area contributed by atoms with Gasteiger partial charge < -0.3 is 4.74 Å². The molecule has 0 unspecified atom stereocenters. The molecule has 3 aromatic rings. The Balaban J connectivity index is 1.94. The summed E-state index contributed by atoms with van der Waals surface area (Å²) >= 11 is 5.90. The van der Waals surface area contributed by atoms with Crippen molar-refractivity contribution in [2.45, 2.75) is 25.7 Å². The Labute approximate surface area is 150 Å². The van der Waals surface area contributed by atoms with Gasteiger partial charge in [-0.3, -0.25) is 4.98 Å². The smallest absolute Gasteiger partial charge is 0.179 e. The molecular formula is C19H17ClFN3O. The molecular weight excluding hydrogens is 341 g/mol. The molecule has 0 radical (unpaired) electrons. The lowest BCUT2D eigenvalue weighted by molar-refractivity contribution is 0.0845. The molecule has 0 bridgehead atoms. The van der Waals surface area contributed by atoms with Gasteiger partial charge in [0.1, 0.15) is 11.3 Å². The molecule has 1 fully saturated rings. The van der Waals surface area contributed by atoms with Crippen LogP contribution in [0.1, 0.15) is 30.1 Å². The Morgan fingerprint density at radius 1 is 1.12 bits per heavy atom. The molecule has 3 heterocycles. The third-order valence-electron chi connectivity index (χ3n) is 4.52. The van der Waals surface area contributed by atoms with Gasteiger partial charge in [0.2, 0.25) is 0 Å². The maximum atomic E-state index is 14.5. The Morgan fingerprint density at radius 2 is 1.92 bits per heavy atom. The van der Waals surface area contributed by atoms with Crippen LogP contribution in [0.4, 0.5) is 4.39 Å². The first kappa shape index (κ1) is 16.4. The molecule has 0 atom stereocenters. The highest BCUT2D eigenvalue weighted by Gasteiger charge is 2.21. The number of nitrogens with zero attached hydrogens (tertiary/aromatic N) is 3. The van der Waals surface area contributed by atoms with Crippen LogP contribution >= 0.6 is 11.6 Å². The van der Waals surface area contributed by atoms with Gasteiger partial charge in [-0.25, -0.2) is 14.4 Å². The minimum absolute atomic E-state index is 0.287. The van der Waals surface area contributed by atoms with Crippen molar-refractivity contribution in [2.24, 2.45) is 0 Å². The van der Waals surface area contributed by atoms with Gasteiger partial charge in [-0.2, -0.15) is 0 Å². The van der Waals surface area contributed by atoms with Gasteiger partial charge in [0, 0.05) is 47.2 Å². The second kappa shape index (κ2) is 6.65. The molecule has 1 aliphatic rings. The van der Waals surface area contributed by atoms with Crippen molar-refractivity contribution in [2.75, 3.05) is 13.2 Å². The molecule has 0 amide bonds. The van der Waals surface area contributed by atoms with Crippen LogP contribution in [-0.4, -0.2) is 28.2 Å². The van der Waals surface area contributed by atoms with Crippen LogP contribution in [0.15, 0.2) is 30.5 Å². The molecule has 6 heteroatoms. The van der Waals surface area contributed by atoms with Crippen LogP contribution < -0.4 is 0 Å². The minimum Gasteiger partial charge on any atom is -0.381 e. The molecule has 25 heavy (non-hydrogen) atoms. The van der Waals surface area contributed by atoms with Crippen LogP contribution in [0.5, 0.6) is 0 Å². The quantitative estimate of drug-likeness (QED) is 0.667. The van der Waals surface area contributed by atoms with Crippen LogP contribution in [-0.2, 0) is 4.74 Å². The first-order valence-electron chi connectivity index (χ1n) is 8.29. The standard InChI is InChI=1S/C19H17ClFN3O/c1-11-10-22-18-15(14-3-2-13(20)8-16(14)21)9-17(24-19(18)23-11)12-4-6-25-7-5-12/h2-3,8-10,12H,4-7H2,1H3. The van der Waals surface area contributed by atoms with E-state index in [9.17, 15) is 4.39 Å². The molecule has 2 aromatic heterocycles. The van der Waals surface area contributed by atoms with Gasteiger partial charge >= 0.3 is 0 Å². The van der Waals surface area contributed by atoms with E-state index in [4.69, 9.17) is 21.3 Å². The summed E-state index contributed by atoms with van der Waals surface area (Å²) in [5.41, 5.74) is 4.01. The predicted molar refractivity (Wildman–Crippen MR) is 95.3 cm³/mol. The normalized spacial score (nSPS) is 15.6. The van der Waals surface area contributed by atoms with Crippen LogP contribution in [0.25, 0.3) is 22.3 Å². The zero-order chi connectivity index (χ0) is 17.4. The Kier molecular flexibility index (Phi) is 4.36. The molecule has 1 aliphatic heterocycles. The van der Waals surface area contributed by atoms with Gasteiger partial charge in [-0.05, 0) is 44.0 Å². The first-order chi connectivity index (χ1) is 12.1. The highest BCUT2D eigenvalue weighted by molar-refractivity contribution is 6.30. The van der Waals surface area contributed by atoms with E-state index in [1.54, 1.807) is 18.3 Å². The molecule has 4 nitrogen and oxygen atoms in total. The third kappa shape index (κ3) is 3.22. The number of aromatic nitrogens is 3. The Morgan fingerprint density at radius 3 is 2.68 bits per heavy atom. The van der Waals surface area contributed by atoms with Crippen molar-refractivity contribution in [3.8, 4) is 11.1 Å². The second-order valence-electron chi connectivity index (χ2n) is 6.29. The van der Waals surface area contributed by atoms with E-state index in [0.29, 0.717) is 40.5 Å². The van der Waals surface area contributed by atoms with Gasteiger partial charge in [-0.1, -0.05) is 11.6 Å². The summed E-state index contributed by atoms with van der Waals surface area (Å²) < 4.78 is 20.0. The number of fused-ring (bicyclic) bond motifs is 1. The fourth-order valence-electron chi connectivity index (χ4n) is 3.22. The number of ether oxygens (including phenoxy) is 1. The van der Waals surface area contributed by atoms with E-state index in [1.807, 2.05) is 13.0 Å². The lowest BCUT2D eigenvalue weighted by Gasteiger charge is -2.22. The monoisotopic (exact) mass is 357 g/mol. The summed E-state index contributed by atoms with van der Waals surface area (Å²) in [4.78, 5) is 13.7. The number of rotatable bonds is 2. The highest BCUT2D eigenvalue weighted by Crippen LogP contribution is 2.34. The molecule has 0 N–H and O–H groups in total.